The number of piperidine rings is 1. The molecule has 0 aromatic carbocycles. The van der Waals surface area contributed by atoms with Crippen LogP contribution in [-0.4, -0.2) is 40.1 Å². The molecule has 0 unspecified atom stereocenters. The molecule has 0 spiro atoms. The maximum absolute atomic E-state index is 12.5. The van der Waals surface area contributed by atoms with Crippen LogP contribution in [-0.2, 0) is 6.42 Å². The van der Waals surface area contributed by atoms with Gasteiger partial charge in [0.05, 0.1) is 10.0 Å². The zero-order valence-corrected chi connectivity index (χ0v) is 16.1. The predicted octanol–water partition coefficient (Wildman–Crippen LogP) is 3.37. The van der Waals surface area contributed by atoms with Crippen LogP contribution in [0.5, 0.6) is 0 Å². The molecule has 1 fully saturated rings. The van der Waals surface area contributed by atoms with E-state index in [-0.39, 0.29) is 11.9 Å². The molecule has 8 heteroatoms. The second-order valence-electron chi connectivity index (χ2n) is 6.31. The van der Waals surface area contributed by atoms with Crippen molar-refractivity contribution in [2.75, 3.05) is 18.4 Å². The highest BCUT2D eigenvalue weighted by molar-refractivity contribution is 9.10. The summed E-state index contributed by atoms with van der Waals surface area (Å²) >= 11 is 3.44. The van der Waals surface area contributed by atoms with Crippen LogP contribution in [0.4, 0.5) is 5.82 Å². The number of nitriles is 1. The first kappa shape index (κ1) is 18.4. The molecule has 0 atom stereocenters. The Labute approximate surface area is 160 Å². The molecular formula is C18H20BrN5O2. The molecule has 26 heavy (non-hydrogen) atoms. The average Bonchev–Trinajstić information content (AvgIpc) is 3.12. The zero-order chi connectivity index (χ0) is 18.5. The Bertz CT molecular complexity index is 821. The van der Waals surface area contributed by atoms with Gasteiger partial charge in [-0.05, 0) is 41.3 Å². The molecule has 1 amide bonds. The van der Waals surface area contributed by atoms with Gasteiger partial charge in [0.2, 0.25) is 0 Å². The lowest BCUT2D eigenvalue weighted by Gasteiger charge is -2.32. The van der Waals surface area contributed by atoms with Crippen molar-refractivity contribution in [2.45, 2.75) is 38.6 Å². The standard InChI is InChI=1S/C18H20BrN5O2/c1-2-3-14-9-16(23-26-14)18(25)24-6-4-13(5-7-24)22-17-15(19)8-12(10-20)11-21-17/h8-9,11,13H,2-7H2,1H3,(H,21,22). The van der Waals surface area contributed by atoms with Crippen molar-refractivity contribution < 1.29 is 9.32 Å². The van der Waals surface area contributed by atoms with E-state index in [9.17, 15) is 4.79 Å². The van der Waals surface area contributed by atoms with Crippen molar-refractivity contribution in [1.82, 2.24) is 15.0 Å². The van der Waals surface area contributed by atoms with Gasteiger partial charge in [-0.2, -0.15) is 5.26 Å². The molecule has 1 aliphatic heterocycles. The molecule has 7 nitrogen and oxygen atoms in total. The van der Waals surface area contributed by atoms with E-state index in [1.54, 1.807) is 18.3 Å². The van der Waals surface area contributed by atoms with Gasteiger partial charge in [0, 0.05) is 37.8 Å². The Morgan fingerprint density at radius 2 is 2.23 bits per heavy atom. The average molecular weight is 418 g/mol. The summed E-state index contributed by atoms with van der Waals surface area (Å²) in [4.78, 5) is 18.6. The van der Waals surface area contributed by atoms with Gasteiger partial charge in [-0.25, -0.2) is 4.98 Å². The van der Waals surface area contributed by atoms with Gasteiger partial charge in [-0.15, -0.1) is 0 Å². The number of hydrogen-bond donors (Lipinski definition) is 1. The third kappa shape index (κ3) is 4.22. The molecular weight excluding hydrogens is 398 g/mol. The van der Waals surface area contributed by atoms with Gasteiger partial charge in [0.25, 0.3) is 5.91 Å². The van der Waals surface area contributed by atoms with Crippen molar-refractivity contribution >= 4 is 27.7 Å². The van der Waals surface area contributed by atoms with Crippen LogP contribution in [0.15, 0.2) is 27.3 Å². The van der Waals surface area contributed by atoms with E-state index in [1.165, 1.54) is 0 Å². The number of carbonyl (C=O) groups excluding carboxylic acids is 1. The number of aryl methyl sites for hydroxylation is 1. The van der Waals surface area contributed by atoms with Gasteiger partial charge >= 0.3 is 0 Å². The number of anilines is 1. The summed E-state index contributed by atoms with van der Waals surface area (Å²) in [5, 5.41) is 16.2. The highest BCUT2D eigenvalue weighted by Gasteiger charge is 2.26. The lowest BCUT2D eigenvalue weighted by Crippen LogP contribution is -2.42. The predicted molar refractivity (Wildman–Crippen MR) is 99.7 cm³/mol. The number of carbonyl (C=O) groups is 1. The second kappa shape index (κ2) is 8.32. The van der Waals surface area contributed by atoms with E-state index >= 15 is 0 Å². The number of aromatic nitrogens is 2. The molecule has 136 valence electrons. The van der Waals surface area contributed by atoms with Crippen molar-refractivity contribution in [3.05, 3.63) is 39.8 Å². The summed E-state index contributed by atoms with van der Waals surface area (Å²) in [6.07, 6.45) is 4.93. The first-order valence-electron chi connectivity index (χ1n) is 8.67. The highest BCUT2D eigenvalue weighted by atomic mass is 79.9. The molecule has 0 aliphatic carbocycles. The van der Waals surface area contributed by atoms with E-state index in [0.29, 0.717) is 24.3 Å². The smallest absolute Gasteiger partial charge is 0.276 e. The second-order valence-corrected chi connectivity index (χ2v) is 7.16. The molecule has 1 saturated heterocycles. The van der Waals surface area contributed by atoms with Gasteiger partial charge in [-0.3, -0.25) is 4.79 Å². The molecule has 3 heterocycles. The van der Waals surface area contributed by atoms with Crippen LogP contribution in [0.1, 0.15) is 48.0 Å². The van der Waals surface area contributed by atoms with E-state index < -0.39 is 0 Å². The lowest BCUT2D eigenvalue weighted by atomic mass is 10.0. The van der Waals surface area contributed by atoms with Gasteiger partial charge in [0.1, 0.15) is 17.6 Å². The van der Waals surface area contributed by atoms with Gasteiger partial charge < -0.3 is 14.7 Å². The zero-order valence-electron chi connectivity index (χ0n) is 14.5. The summed E-state index contributed by atoms with van der Waals surface area (Å²) in [5.41, 5.74) is 0.897. The minimum absolute atomic E-state index is 0.0766. The van der Waals surface area contributed by atoms with Crippen LogP contribution < -0.4 is 5.32 Å². The van der Waals surface area contributed by atoms with Crippen molar-refractivity contribution in [3.63, 3.8) is 0 Å². The summed E-state index contributed by atoms with van der Waals surface area (Å²) in [5.74, 6) is 1.39. The van der Waals surface area contributed by atoms with Gasteiger partial charge in [-0.1, -0.05) is 12.1 Å². The maximum Gasteiger partial charge on any atom is 0.276 e. The molecule has 1 N–H and O–H groups in total. The van der Waals surface area contributed by atoms with Crippen LogP contribution in [0, 0.1) is 11.3 Å². The molecule has 0 saturated carbocycles. The number of pyridine rings is 1. The number of rotatable bonds is 5. The molecule has 2 aromatic rings. The quantitative estimate of drug-likeness (QED) is 0.800. The fraction of sp³-hybridized carbons (Fsp3) is 0.444. The molecule has 2 aromatic heterocycles. The minimum atomic E-state index is -0.0766. The normalized spacial score (nSPS) is 14.9. The SMILES string of the molecule is CCCc1cc(C(=O)N2CCC(Nc3ncc(C#N)cc3Br)CC2)no1. The van der Waals surface area contributed by atoms with Crippen molar-refractivity contribution in [3.8, 4) is 6.07 Å². The third-order valence-electron chi connectivity index (χ3n) is 4.37. The van der Waals surface area contributed by atoms with E-state index in [2.05, 4.69) is 44.4 Å². The summed E-state index contributed by atoms with van der Waals surface area (Å²) < 4.78 is 5.97. The maximum atomic E-state index is 12.5. The van der Waals surface area contributed by atoms with E-state index in [1.807, 2.05) is 4.90 Å². The fourth-order valence-corrected chi connectivity index (χ4v) is 3.43. The van der Waals surface area contributed by atoms with Crippen molar-refractivity contribution in [1.29, 1.82) is 5.26 Å². The van der Waals surface area contributed by atoms with Crippen LogP contribution in [0.25, 0.3) is 0 Å². The molecule has 0 radical (unpaired) electrons. The minimum Gasteiger partial charge on any atom is -0.366 e. The van der Waals surface area contributed by atoms with E-state index in [0.717, 1.165) is 41.7 Å². The number of likely N-dealkylation sites (tertiary alicyclic amines) is 1. The van der Waals surface area contributed by atoms with Crippen LogP contribution in [0.3, 0.4) is 0 Å². The third-order valence-corrected chi connectivity index (χ3v) is 4.97. The number of halogens is 1. The first-order valence-corrected chi connectivity index (χ1v) is 9.47. The lowest BCUT2D eigenvalue weighted by molar-refractivity contribution is 0.0708. The Kier molecular flexibility index (Phi) is 5.89. The largest absolute Gasteiger partial charge is 0.366 e. The number of nitrogens with one attached hydrogen (secondary N) is 1. The summed E-state index contributed by atoms with van der Waals surface area (Å²) in [6.45, 7) is 3.36. The number of amides is 1. The Morgan fingerprint density at radius 1 is 1.46 bits per heavy atom. The number of hydrogen-bond acceptors (Lipinski definition) is 6. The highest BCUT2D eigenvalue weighted by Crippen LogP contribution is 2.24. The van der Waals surface area contributed by atoms with Crippen LogP contribution in [0.2, 0.25) is 0 Å². The molecule has 3 rings (SSSR count). The fourth-order valence-electron chi connectivity index (χ4n) is 2.97. The molecule has 0 bridgehead atoms. The van der Waals surface area contributed by atoms with Gasteiger partial charge in [0.15, 0.2) is 5.69 Å². The Morgan fingerprint density at radius 3 is 2.88 bits per heavy atom. The molecule has 1 aliphatic rings. The topological polar surface area (TPSA) is 95.1 Å². The summed E-state index contributed by atoms with van der Waals surface area (Å²) in [7, 11) is 0. The summed E-state index contributed by atoms with van der Waals surface area (Å²) in [6, 6.07) is 5.78. The van der Waals surface area contributed by atoms with E-state index in [4.69, 9.17) is 9.78 Å². The van der Waals surface area contributed by atoms with Crippen LogP contribution >= 0.6 is 15.9 Å². The Hall–Kier alpha value is -2.40. The Balaban J connectivity index is 1.55. The first-order chi connectivity index (χ1) is 12.6. The van der Waals surface area contributed by atoms with Crippen molar-refractivity contribution in [2.24, 2.45) is 0 Å². The monoisotopic (exact) mass is 417 g/mol. The number of nitrogens with zero attached hydrogens (tertiary/aromatic N) is 4.